The maximum atomic E-state index is 6.02. The first-order chi connectivity index (χ1) is 11.9. The van der Waals surface area contributed by atoms with Gasteiger partial charge in [0.2, 0.25) is 0 Å². The molecule has 0 radical (unpaired) electrons. The van der Waals surface area contributed by atoms with Crippen molar-refractivity contribution in [2.45, 2.75) is 0 Å². The van der Waals surface area contributed by atoms with Gasteiger partial charge in [0, 0.05) is 21.5 Å². The van der Waals surface area contributed by atoms with E-state index in [0.717, 1.165) is 22.1 Å². The fourth-order valence-electron chi connectivity index (χ4n) is 3.93. The molecule has 0 spiro atoms. The van der Waals surface area contributed by atoms with Gasteiger partial charge in [0.25, 0.3) is 0 Å². The van der Waals surface area contributed by atoms with E-state index in [1.807, 2.05) is 12.1 Å². The van der Waals surface area contributed by atoms with Gasteiger partial charge < -0.3 is 9.40 Å². The first kappa shape index (κ1) is 12.2. The molecule has 0 saturated carbocycles. The second-order valence-electron chi connectivity index (χ2n) is 6.29. The summed E-state index contributed by atoms with van der Waals surface area (Å²) in [4.78, 5) is 3.68. The second kappa shape index (κ2) is 4.18. The molecule has 0 aliphatic heterocycles. The van der Waals surface area contributed by atoms with Crippen molar-refractivity contribution in [2.75, 3.05) is 0 Å². The van der Waals surface area contributed by atoms with Crippen molar-refractivity contribution >= 4 is 54.5 Å². The van der Waals surface area contributed by atoms with Crippen molar-refractivity contribution in [1.82, 2.24) is 4.98 Å². The summed E-state index contributed by atoms with van der Waals surface area (Å²) in [6.45, 7) is 0. The third kappa shape index (κ3) is 1.41. The lowest BCUT2D eigenvalue weighted by molar-refractivity contribution is 0.669. The molecule has 2 aromatic heterocycles. The Kier molecular flexibility index (Phi) is 2.12. The zero-order valence-electron chi connectivity index (χ0n) is 12.8. The van der Waals surface area contributed by atoms with Gasteiger partial charge in [-0.1, -0.05) is 54.6 Å². The molecular formula is C22H13NO. The maximum absolute atomic E-state index is 6.02. The molecule has 24 heavy (non-hydrogen) atoms. The number of benzene rings is 4. The van der Waals surface area contributed by atoms with Crippen molar-refractivity contribution in [3.05, 3.63) is 72.8 Å². The average Bonchev–Trinajstić information content (AvgIpc) is 3.19. The van der Waals surface area contributed by atoms with E-state index >= 15 is 0 Å². The van der Waals surface area contributed by atoms with E-state index in [-0.39, 0.29) is 0 Å². The molecule has 2 heteroatoms. The van der Waals surface area contributed by atoms with Crippen LogP contribution in [0.4, 0.5) is 0 Å². The molecule has 0 amide bonds. The highest BCUT2D eigenvalue weighted by molar-refractivity contribution is 6.26. The molecule has 2 nitrogen and oxygen atoms in total. The standard InChI is InChI=1S/C22H13NO/c1-2-6-14-13(5-1)9-10-15-16-11-12-19-20(22(16)23-21(14)15)17-7-3-4-8-18(17)24-19/h1-12,23H. The molecule has 6 rings (SSSR count). The number of aromatic amines is 1. The predicted molar refractivity (Wildman–Crippen MR) is 101 cm³/mol. The van der Waals surface area contributed by atoms with Gasteiger partial charge in [0.05, 0.1) is 16.4 Å². The Labute approximate surface area is 137 Å². The number of fused-ring (bicyclic) bond motifs is 9. The summed E-state index contributed by atoms with van der Waals surface area (Å²) < 4.78 is 6.02. The Hall–Kier alpha value is -3.26. The smallest absolute Gasteiger partial charge is 0.137 e. The van der Waals surface area contributed by atoms with Crippen molar-refractivity contribution in [3.63, 3.8) is 0 Å². The van der Waals surface area contributed by atoms with E-state index in [4.69, 9.17) is 4.42 Å². The molecule has 6 aromatic rings. The number of H-pyrrole nitrogens is 1. The van der Waals surface area contributed by atoms with Crippen LogP contribution < -0.4 is 0 Å². The van der Waals surface area contributed by atoms with Gasteiger partial charge in [0.15, 0.2) is 0 Å². The Morgan fingerprint density at radius 2 is 1.29 bits per heavy atom. The quantitative estimate of drug-likeness (QED) is 0.347. The van der Waals surface area contributed by atoms with Gasteiger partial charge in [-0.15, -0.1) is 0 Å². The molecule has 0 unspecified atom stereocenters. The van der Waals surface area contributed by atoms with Gasteiger partial charge in [-0.05, 0) is 23.6 Å². The SMILES string of the molecule is c1ccc2c(c1)ccc1c3ccc4oc5ccccc5c4c3[nH]c21. The first-order valence-electron chi connectivity index (χ1n) is 8.13. The lowest BCUT2D eigenvalue weighted by Gasteiger charge is -1.98. The van der Waals surface area contributed by atoms with E-state index in [0.29, 0.717) is 0 Å². The van der Waals surface area contributed by atoms with Crippen LogP contribution >= 0.6 is 0 Å². The van der Waals surface area contributed by atoms with Crippen LogP contribution in [0.25, 0.3) is 54.5 Å². The molecule has 0 saturated heterocycles. The van der Waals surface area contributed by atoms with E-state index in [9.17, 15) is 0 Å². The van der Waals surface area contributed by atoms with Crippen molar-refractivity contribution in [1.29, 1.82) is 0 Å². The molecule has 112 valence electrons. The van der Waals surface area contributed by atoms with Crippen LogP contribution in [0.15, 0.2) is 77.2 Å². The summed E-state index contributed by atoms with van der Waals surface area (Å²) in [5.41, 5.74) is 4.22. The number of hydrogen-bond acceptors (Lipinski definition) is 1. The summed E-state index contributed by atoms with van der Waals surface area (Å²) >= 11 is 0. The number of para-hydroxylation sites is 1. The molecule has 1 N–H and O–H groups in total. The minimum atomic E-state index is 0.930. The molecule has 0 aliphatic rings. The van der Waals surface area contributed by atoms with E-state index < -0.39 is 0 Å². The van der Waals surface area contributed by atoms with Gasteiger partial charge in [-0.2, -0.15) is 0 Å². The zero-order valence-corrected chi connectivity index (χ0v) is 12.8. The van der Waals surface area contributed by atoms with E-state index in [1.165, 1.54) is 32.4 Å². The van der Waals surface area contributed by atoms with E-state index in [2.05, 4.69) is 65.6 Å². The largest absolute Gasteiger partial charge is 0.456 e. The van der Waals surface area contributed by atoms with Gasteiger partial charge in [-0.3, -0.25) is 0 Å². The molecular weight excluding hydrogens is 294 g/mol. The highest BCUT2D eigenvalue weighted by atomic mass is 16.3. The third-order valence-corrected chi connectivity index (χ3v) is 5.01. The topological polar surface area (TPSA) is 28.9 Å². The maximum Gasteiger partial charge on any atom is 0.137 e. The molecule has 0 atom stereocenters. The minimum Gasteiger partial charge on any atom is -0.456 e. The summed E-state index contributed by atoms with van der Waals surface area (Å²) in [5, 5.41) is 7.35. The predicted octanol–water partition coefficient (Wildman–Crippen LogP) is 6.37. The Bertz CT molecular complexity index is 1400. The molecule has 2 heterocycles. The molecule has 4 aromatic carbocycles. The van der Waals surface area contributed by atoms with E-state index in [1.54, 1.807) is 0 Å². The second-order valence-corrected chi connectivity index (χ2v) is 6.29. The molecule has 0 aliphatic carbocycles. The van der Waals surface area contributed by atoms with Crippen molar-refractivity contribution in [2.24, 2.45) is 0 Å². The minimum absolute atomic E-state index is 0.930. The van der Waals surface area contributed by atoms with Crippen LogP contribution in [0.1, 0.15) is 0 Å². The normalized spacial score (nSPS) is 12.2. The fourth-order valence-corrected chi connectivity index (χ4v) is 3.93. The van der Waals surface area contributed by atoms with Crippen molar-refractivity contribution in [3.8, 4) is 0 Å². The lowest BCUT2D eigenvalue weighted by Crippen LogP contribution is -1.74. The number of hydrogen-bond donors (Lipinski definition) is 1. The zero-order chi connectivity index (χ0) is 15.7. The first-order valence-corrected chi connectivity index (χ1v) is 8.13. The average molecular weight is 307 g/mol. The third-order valence-electron chi connectivity index (χ3n) is 5.01. The lowest BCUT2D eigenvalue weighted by atomic mass is 10.0. The number of furan rings is 1. The fraction of sp³-hybridized carbons (Fsp3) is 0. The molecule has 0 bridgehead atoms. The van der Waals surface area contributed by atoms with Crippen LogP contribution in [0.5, 0.6) is 0 Å². The summed E-state index contributed by atoms with van der Waals surface area (Å²) in [7, 11) is 0. The Balaban J connectivity index is 1.92. The Morgan fingerprint density at radius 1 is 0.542 bits per heavy atom. The van der Waals surface area contributed by atoms with Crippen LogP contribution in [0.2, 0.25) is 0 Å². The summed E-state index contributed by atoms with van der Waals surface area (Å²) in [5.74, 6) is 0. The number of aromatic nitrogens is 1. The van der Waals surface area contributed by atoms with Crippen LogP contribution in [-0.4, -0.2) is 4.98 Å². The van der Waals surface area contributed by atoms with Crippen LogP contribution in [0.3, 0.4) is 0 Å². The van der Waals surface area contributed by atoms with Crippen LogP contribution in [-0.2, 0) is 0 Å². The van der Waals surface area contributed by atoms with Crippen molar-refractivity contribution < 1.29 is 4.42 Å². The summed E-state index contributed by atoms with van der Waals surface area (Å²) in [6.07, 6.45) is 0. The van der Waals surface area contributed by atoms with Gasteiger partial charge in [-0.25, -0.2) is 0 Å². The highest BCUT2D eigenvalue weighted by Gasteiger charge is 2.14. The highest BCUT2D eigenvalue weighted by Crippen LogP contribution is 2.38. The van der Waals surface area contributed by atoms with Gasteiger partial charge >= 0.3 is 0 Å². The van der Waals surface area contributed by atoms with Crippen LogP contribution in [0, 0.1) is 0 Å². The molecule has 0 fully saturated rings. The number of nitrogens with one attached hydrogen (secondary N) is 1. The summed E-state index contributed by atoms with van der Waals surface area (Å²) in [6, 6.07) is 25.4. The van der Waals surface area contributed by atoms with Gasteiger partial charge in [0.1, 0.15) is 11.2 Å². The number of rotatable bonds is 0. The monoisotopic (exact) mass is 307 g/mol. The Morgan fingerprint density at radius 3 is 2.25 bits per heavy atom.